The number of rotatable bonds is 1. The average Bonchev–Trinajstić information content (AvgIpc) is 2.25. The Hall–Kier alpha value is -0.990. The topological polar surface area (TPSA) is 38.3 Å². The van der Waals surface area contributed by atoms with Gasteiger partial charge in [-0.25, -0.2) is 0 Å². The van der Waals surface area contributed by atoms with Gasteiger partial charge in [0.15, 0.2) is 0 Å². The summed E-state index contributed by atoms with van der Waals surface area (Å²) in [6.07, 6.45) is 0.440. The molecule has 0 atom stereocenters. The van der Waals surface area contributed by atoms with Gasteiger partial charge in [-0.2, -0.15) is 0 Å². The van der Waals surface area contributed by atoms with Gasteiger partial charge in [0.05, 0.1) is 18.7 Å². The summed E-state index contributed by atoms with van der Waals surface area (Å²) in [4.78, 5) is 11.5. The molecule has 0 aromatic rings. The molecule has 1 aliphatic rings. The van der Waals surface area contributed by atoms with E-state index in [1.165, 1.54) is 0 Å². The smallest absolute Gasteiger partial charge is 0.227 e. The maximum Gasteiger partial charge on any atom is 0.227 e. The molecule has 0 radical (unpaired) electrons. The summed E-state index contributed by atoms with van der Waals surface area (Å²) in [5.74, 6) is 1.28. The molecule has 0 spiro atoms. The largest absolute Gasteiger partial charge is 0.495 e. The molecule has 0 aliphatic carbocycles. The minimum Gasteiger partial charge on any atom is -0.495 e. The zero-order chi connectivity index (χ0) is 11.6. The Morgan fingerprint density at radius 1 is 1.33 bits per heavy atom. The van der Waals surface area contributed by atoms with Crippen LogP contribution in [0.15, 0.2) is 11.5 Å². The number of hydrogen-bond donors (Lipinski definition) is 1. The third kappa shape index (κ3) is 2.98. The van der Waals surface area contributed by atoms with Crippen molar-refractivity contribution >= 4 is 5.91 Å². The molecule has 1 aliphatic heterocycles. The van der Waals surface area contributed by atoms with Crippen molar-refractivity contribution < 1.29 is 9.53 Å². The van der Waals surface area contributed by atoms with Gasteiger partial charge in [-0.15, -0.1) is 0 Å². The first kappa shape index (κ1) is 12.1. The summed E-state index contributed by atoms with van der Waals surface area (Å²) in [7, 11) is 0. The number of carbonyl (C=O) groups is 1. The van der Waals surface area contributed by atoms with E-state index in [2.05, 4.69) is 39.9 Å². The van der Waals surface area contributed by atoms with Crippen LogP contribution < -0.4 is 5.32 Å². The van der Waals surface area contributed by atoms with Gasteiger partial charge in [0.1, 0.15) is 5.76 Å². The molecule has 1 rings (SSSR count). The van der Waals surface area contributed by atoms with Gasteiger partial charge < -0.3 is 10.1 Å². The summed E-state index contributed by atoms with van der Waals surface area (Å²) >= 11 is 0. The van der Waals surface area contributed by atoms with Crippen LogP contribution in [0.3, 0.4) is 0 Å². The third-order valence-electron chi connectivity index (χ3n) is 2.37. The van der Waals surface area contributed by atoms with Crippen LogP contribution in [0.1, 0.15) is 41.0 Å². The second-order valence-corrected chi connectivity index (χ2v) is 5.29. The molecule has 0 aromatic heterocycles. The molecule has 3 heteroatoms. The first-order valence-corrected chi connectivity index (χ1v) is 5.49. The third-order valence-corrected chi connectivity index (χ3v) is 2.37. The van der Waals surface area contributed by atoms with Crippen LogP contribution in [0.4, 0.5) is 0 Å². The molecule has 0 aromatic carbocycles. The molecule has 0 bridgehead atoms. The van der Waals surface area contributed by atoms with Gasteiger partial charge >= 0.3 is 0 Å². The Kier molecular flexibility index (Phi) is 3.42. The maximum atomic E-state index is 11.5. The summed E-state index contributed by atoms with van der Waals surface area (Å²) in [6.45, 7) is 10.9. The normalized spacial score (nSPS) is 18.7. The van der Waals surface area contributed by atoms with Crippen LogP contribution in [0.2, 0.25) is 0 Å². The van der Waals surface area contributed by atoms with E-state index in [-0.39, 0.29) is 11.3 Å². The Bertz CT molecular complexity index is 284. The first-order chi connectivity index (χ1) is 6.82. The minimum atomic E-state index is -0.0837. The fourth-order valence-corrected chi connectivity index (χ4v) is 1.60. The Morgan fingerprint density at radius 2 is 1.93 bits per heavy atom. The summed E-state index contributed by atoms with van der Waals surface area (Å²) in [6, 6.07) is 0. The lowest BCUT2D eigenvalue weighted by Crippen LogP contribution is -2.30. The predicted octanol–water partition coefficient (Wildman–Crippen LogP) is 2.44. The van der Waals surface area contributed by atoms with Crippen LogP contribution in [0, 0.1) is 11.3 Å². The number of allylic oxidation sites excluding steroid dienone is 2. The summed E-state index contributed by atoms with van der Waals surface area (Å²) < 4.78 is 5.67. The SMILES string of the molecule is CC(C)C1=C(C(C)(C)C)NC(=O)CCO1. The Morgan fingerprint density at radius 3 is 2.40 bits per heavy atom. The van der Waals surface area contributed by atoms with Crippen LogP contribution in [0.25, 0.3) is 0 Å². The number of nitrogens with one attached hydrogen (secondary N) is 1. The molecule has 86 valence electrons. The lowest BCUT2D eigenvalue weighted by molar-refractivity contribution is -0.120. The van der Waals surface area contributed by atoms with Gasteiger partial charge in [0.2, 0.25) is 5.91 Å². The van der Waals surface area contributed by atoms with Crippen molar-refractivity contribution in [1.29, 1.82) is 0 Å². The van der Waals surface area contributed by atoms with Gasteiger partial charge in [0, 0.05) is 11.3 Å². The zero-order valence-electron chi connectivity index (χ0n) is 10.3. The average molecular weight is 211 g/mol. The molecule has 3 nitrogen and oxygen atoms in total. The quantitative estimate of drug-likeness (QED) is 0.723. The van der Waals surface area contributed by atoms with Crippen molar-refractivity contribution in [3.63, 3.8) is 0 Å². The maximum absolute atomic E-state index is 11.5. The van der Waals surface area contributed by atoms with E-state index < -0.39 is 0 Å². The number of ether oxygens (including phenoxy) is 1. The predicted molar refractivity (Wildman–Crippen MR) is 60.0 cm³/mol. The van der Waals surface area contributed by atoms with Crippen LogP contribution in [0.5, 0.6) is 0 Å². The Labute approximate surface area is 91.9 Å². The van der Waals surface area contributed by atoms with Gasteiger partial charge in [-0.05, 0) is 0 Å². The lowest BCUT2D eigenvalue weighted by Gasteiger charge is -2.26. The van der Waals surface area contributed by atoms with Gasteiger partial charge in [-0.3, -0.25) is 4.79 Å². The highest BCUT2D eigenvalue weighted by Gasteiger charge is 2.27. The van der Waals surface area contributed by atoms with Crippen LogP contribution in [-0.2, 0) is 9.53 Å². The second kappa shape index (κ2) is 4.25. The molecule has 1 N–H and O–H groups in total. The molecule has 15 heavy (non-hydrogen) atoms. The summed E-state index contributed by atoms with van der Waals surface area (Å²) in [5.41, 5.74) is 0.847. The first-order valence-electron chi connectivity index (χ1n) is 5.49. The van der Waals surface area contributed by atoms with Crippen molar-refractivity contribution in [3.05, 3.63) is 11.5 Å². The molecule has 0 saturated carbocycles. The van der Waals surface area contributed by atoms with Crippen molar-refractivity contribution in [3.8, 4) is 0 Å². The van der Waals surface area contributed by atoms with Crippen LogP contribution >= 0.6 is 0 Å². The van der Waals surface area contributed by atoms with E-state index in [1.807, 2.05) is 0 Å². The van der Waals surface area contributed by atoms with E-state index >= 15 is 0 Å². The van der Waals surface area contributed by atoms with Crippen molar-refractivity contribution in [2.75, 3.05) is 6.61 Å². The highest BCUT2D eigenvalue weighted by molar-refractivity contribution is 5.78. The number of carbonyl (C=O) groups excluding carboxylic acids is 1. The molecule has 0 unspecified atom stereocenters. The standard InChI is InChI=1S/C12H21NO2/c1-8(2)10-11(12(3,4)5)13-9(14)6-7-15-10/h8H,6-7H2,1-5H3,(H,13,14). The molecular formula is C12H21NO2. The number of hydrogen-bond acceptors (Lipinski definition) is 2. The molecule has 0 fully saturated rings. The van der Waals surface area contributed by atoms with Crippen molar-refractivity contribution in [2.45, 2.75) is 41.0 Å². The van der Waals surface area contributed by atoms with E-state index in [1.54, 1.807) is 0 Å². The van der Waals surface area contributed by atoms with Crippen LogP contribution in [-0.4, -0.2) is 12.5 Å². The molecular weight excluding hydrogens is 190 g/mol. The fourth-order valence-electron chi connectivity index (χ4n) is 1.60. The van der Waals surface area contributed by atoms with Gasteiger partial charge in [0.25, 0.3) is 0 Å². The van der Waals surface area contributed by atoms with Crippen molar-refractivity contribution in [2.24, 2.45) is 11.3 Å². The van der Waals surface area contributed by atoms with E-state index in [0.29, 0.717) is 18.9 Å². The highest BCUT2D eigenvalue weighted by atomic mass is 16.5. The monoisotopic (exact) mass is 211 g/mol. The molecule has 0 saturated heterocycles. The zero-order valence-corrected chi connectivity index (χ0v) is 10.3. The highest BCUT2D eigenvalue weighted by Crippen LogP contribution is 2.30. The summed E-state index contributed by atoms with van der Waals surface area (Å²) in [5, 5.41) is 2.97. The minimum absolute atomic E-state index is 0.0515. The van der Waals surface area contributed by atoms with E-state index in [4.69, 9.17) is 4.74 Å². The van der Waals surface area contributed by atoms with Gasteiger partial charge in [-0.1, -0.05) is 34.6 Å². The fraction of sp³-hybridized carbons (Fsp3) is 0.750. The lowest BCUT2D eigenvalue weighted by atomic mass is 9.89. The molecule has 1 heterocycles. The van der Waals surface area contributed by atoms with Crippen molar-refractivity contribution in [1.82, 2.24) is 5.32 Å². The van der Waals surface area contributed by atoms with E-state index in [0.717, 1.165) is 11.5 Å². The molecule has 1 amide bonds. The number of amides is 1. The van der Waals surface area contributed by atoms with E-state index in [9.17, 15) is 4.79 Å². The Balaban J connectivity index is 3.11. The second-order valence-electron chi connectivity index (χ2n) is 5.29.